The molecule has 0 aliphatic rings. The molecule has 8 heteroatoms. The maximum absolute atomic E-state index is 12.3. The van der Waals surface area contributed by atoms with Crippen LogP contribution in [0.5, 0.6) is 11.5 Å². The van der Waals surface area contributed by atoms with Crippen LogP contribution in [0.25, 0.3) is 0 Å². The van der Waals surface area contributed by atoms with Crippen LogP contribution in [0.4, 0.5) is 5.69 Å². The van der Waals surface area contributed by atoms with Gasteiger partial charge in [-0.05, 0) is 55.8 Å². The van der Waals surface area contributed by atoms with Gasteiger partial charge in [0.2, 0.25) is 0 Å². The second-order valence-electron chi connectivity index (χ2n) is 5.66. The molecule has 0 radical (unpaired) electrons. The molecule has 1 N–H and O–H groups in total. The van der Waals surface area contributed by atoms with Gasteiger partial charge >= 0.3 is 5.97 Å². The van der Waals surface area contributed by atoms with Crippen LogP contribution in [0.1, 0.15) is 12.5 Å². The van der Waals surface area contributed by atoms with Crippen LogP contribution in [-0.4, -0.2) is 31.7 Å². The second kappa shape index (κ2) is 9.48. The largest absolute Gasteiger partial charge is 0.495 e. The van der Waals surface area contributed by atoms with Gasteiger partial charge in [0.15, 0.2) is 12.7 Å². The van der Waals surface area contributed by atoms with Crippen molar-refractivity contribution < 1.29 is 23.8 Å². The SMILES string of the molecule is COc1ccc(Cl)cc1NC(=O)[C@@H](C)OC(=O)COc1ccc(Cl)cc1C. The Balaban J connectivity index is 1.90. The maximum Gasteiger partial charge on any atom is 0.344 e. The first-order valence-corrected chi connectivity index (χ1v) is 8.78. The van der Waals surface area contributed by atoms with Gasteiger partial charge in [-0.25, -0.2) is 4.79 Å². The Morgan fingerprint density at radius 3 is 2.33 bits per heavy atom. The number of carbonyl (C=O) groups is 2. The van der Waals surface area contributed by atoms with Gasteiger partial charge in [-0.15, -0.1) is 0 Å². The lowest BCUT2D eigenvalue weighted by Gasteiger charge is -2.16. The summed E-state index contributed by atoms with van der Waals surface area (Å²) in [6, 6.07) is 9.83. The number of aryl methyl sites for hydroxylation is 1. The fourth-order valence-corrected chi connectivity index (χ4v) is 2.61. The predicted molar refractivity (Wildman–Crippen MR) is 104 cm³/mol. The Labute approximate surface area is 167 Å². The van der Waals surface area contributed by atoms with Gasteiger partial charge in [-0.3, -0.25) is 4.79 Å². The number of rotatable bonds is 7. The van der Waals surface area contributed by atoms with E-state index in [9.17, 15) is 9.59 Å². The van der Waals surface area contributed by atoms with Gasteiger partial charge in [0.25, 0.3) is 5.91 Å². The minimum atomic E-state index is -1.03. The zero-order valence-corrected chi connectivity index (χ0v) is 16.6. The van der Waals surface area contributed by atoms with E-state index in [4.69, 9.17) is 37.4 Å². The van der Waals surface area contributed by atoms with Crippen LogP contribution < -0.4 is 14.8 Å². The summed E-state index contributed by atoms with van der Waals surface area (Å²) in [5.74, 6) is -0.249. The fraction of sp³-hybridized carbons (Fsp3) is 0.263. The summed E-state index contributed by atoms with van der Waals surface area (Å²) < 4.78 is 15.7. The van der Waals surface area contributed by atoms with E-state index in [1.54, 1.807) is 43.3 Å². The number of nitrogens with one attached hydrogen (secondary N) is 1. The number of halogens is 2. The smallest absolute Gasteiger partial charge is 0.344 e. The van der Waals surface area contributed by atoms with Crippen molar-refractivity contribution in [2.24, 2.45) is 0 Å². The van der Waals surface area contributed by atoms with Gasteiger partial charge in [0, 0.05) is 10.0 Å². The summed E-state index contributed by atoms with van der Waals surface area (Å²) in [7, 11) is 1.47. The molecule has 0 spiro atoms. The molecule has 0 saturated carbocycles. The lowest BCUT2D eigenvalue weighted by atomic mass is 10.2. The Kier molecular flexibility index (Phi) is 7.33. The van der Waals surface area contributed by atoms with Crippen LogP contribution in [0.3, 0.4) is 0 Å². The summed E-state index contributed by atoms with van der Waals surface area (Å²) >= 11 is 11.8. The molecule has 0 fully saturated rings. The zero-order chi connectivity index (χ0) is 20.0. The number of hydrogen-bond acceptors (Lipinski definition) is 5. The number of carbonyl (C=O) groups excluding carboxylic acids is 2. The van der Waals surface area contributed by atoms with E-state index in [0.29, 0.717) is 27.2 Å². The van der Waals surface area contributed by atoms with Gasteiger partial charge in [0.1, 0.15) is 11.5 Å². The molecule has 0 aromatic heterocycles. The normalized spacial score (nSPS) is 11.4. The molecule has 1 amide bonds. The first-order valence-electron chi connectivity index (χ1n) is 8.03. The molecule has 0 heterocycles. The topological polar surface area (TPSA) is 73.9 Å². The monoisotopic (exact) mass is 411 g/mol. The van der Waals surface area contributed by atoms with E-state index in [1.807, 2.05) is 0 Å². The molecule has 0 bridgehead atoms. The molecule has 2 aromatic carbocycles. The molecular weight excluding hydrogens is 393 g/mol. The number of esters is 1. The quantitative estimate of drug-likeness (QED) is 0.688. The highest BCUT2D eigenvalue weighted by molar-refractivity contribution is 6.31. The second-order valence-corrected chi connectivity index (χ2v) is 6.54. The molecule has 0 unspecified atom stereocenters. The van der Waals surface area contributed by atoms with Crippen molar-refractivity contribution in [3.8, 4) is 11.5 Å². The molecule has 144 valence electrons. The van der Waals surface area contributed by atoms with E-state index < -0.39 is 18.0 Å². The van der Waals surface area contributed by atoms with Crippen molar-refractivity contribution in [2.75, 3.05) is 19.0 Å². The molecule has 2 aromatic rings. The highest BCUT2D eigenvalue weighted by Crippen LogP contribution is 2.28. The van der Waals surface area contributed by atoms with Crippen LogP contribution in [0.15, 0.2) is 36.4 Å². The maximum atomic E-state index is 12.3. The van der Waals surface area contributed by atoms with Gasteiger partial charge in [-0.2, -0.15) is 0 Å². The van der Waals surface area contributed by atoms with E-state index >= 15 is 0 Å². The molecule has 1 atom stereocenters. The number of anilines is 1. The molecular formula is C19H19Cl2NO5. The first kappa shape index (κ1) is 20.9. The summed E-state index contributed by atoms with van der Waals surface area (Å²) in [5, 5.41) is 3.62. The Morgan fingerprint density at radius 2 is 1.70 bits per heavy atom. The molecule has 0 aliphatic carbocycles. The van der Waals surface area contributed by atoms with Crippen molar-refractivity contribution in [3.63, 3.8) is 0 Å². The predicted octanol–water partition coefficient (Wildman–Crippen LogP) is 4.26. The highest BCUT2D eigenvalue weighted by atomic mass is 35.5. The third kappa shape index (κ3) is 6.05. The molecule has 0 aliphatic heterocycles. The summed E-state index contributed by atoms with van der Waals surface area (Å²) in [6.07, 6.45) is -1.03. The standard InChI is InChI=1S/C19H19Cl2NO5/c1-11-8-13(20)4-6-16(11)26-10-18(23)27-12(2)19(24)22-15-9-14(21)5-7-17(15)25-3/h4-9,12H,10H2,1-3H3,(H,22,24)/t12-/m1/s1. The zero-order valence-electron chi connectivity index (χ0n) is 15.0. The summed E-state index contributed by atoms with van der Waals surface area (Å²) in [4.78, 5) is 24.2. The number of amides is 1. The van der Waals surface area contributed by atoms with E-state index in [2.05, 4.69) is 5.32 Å². The third-order valence-corrected chi connectivity index (χ3v) is 4.05. The molecule has 0 saturated heterocycles. The number of benzene rings is 2. The van der Waals surface area contributed by atoms with E-state index in [-0.39, 0.29) is 6.61 Å². The lowest BCUT2D eigenvalue weighted by Crippen LogP contribution is -2.31. The van der Waals surface area contributed by atoms with Crippen molar-refractivity contribution in [1.29, 1.82) is 0 Å². The molecule has 6 nitrogen and oxygen atoms in total. The van der Waals surface area contributed by atoms with Crippen molar-refractivity contribution in [1.82, 2.24) is 0 Å². The van der Waals surface area contributed by atoms with Gasteiger partial charge < -0.3 is 19.5 Å². The Morgan fingerprint density at radius 1 is 1.07 bits per heavy atom. The van der Waals surface area contributed by atoms with E-state index in [1.165, 1.54) is 14.0 Å². The van der Waals surface area contributed by atoms with Crippen LogP contribution in [0.2, 0.25) is 10.0 Å². The lowest BCUT2D eigenvalue weighted by molar-refractivity contribution is -0.155. The number of hydrogen-bond donors (Lipinski definition) is 1. The van der Waals surface area contributed by atoms with Gasteiger partial charge in [-0.1, -0.05) is 23.2 Å². The highest BCUT2D eigenvalue weighted by Gasteiger charge is 2.20. The summed E-state index contributed by atoms with van der Waals surface area (Å²) in [5.41, 5.74) is 1.17. The van der Waals surface area contributed by atoms with Crippen LogP contribution >= 0.6 is 23.2 Å². The Hall–Kier alpha value is -2.44. The van der Waals surface area contributed by atoms with Crippen LogP contribution in [-0.2, 0) is 14.3 Å². The minimum Gasteiger partial charge on any atom is -0.495 e. The van der Waals surface area contributed by atoms with Crippen molar-refractivity contribution in [2.45, 2.75) is 20.0 Å². The van der Waals surface area contributed by atoms with Gasteiger partial charge in [0.05, 0.1) is 12.8 Å². The average molecular weight is 412 g/mol. The van der Waals surface area contributed by atoms with Crippen molar-refractivity contribution in [3.05, 3.63) is 52.0 Å². The fourth-order valence-electron chi connectivity index (χ4n) is 2.21. The number of methoxy groups -OCH3 is 1. The minimum absolute atomic E-state index is 0.333. The summed E-state index contributed by atoms with van der Waals surface area (Å²) in [6.45, 7) is 2.93. The van der Waals surface area contributed by atoms with Crippen LogP contribution in [0, 0.1) is 6.92 Å². The molecule has 27 heavy (non-hydrogen) atoms. The molecule has 2 rings (SSSR count). The van der Waals surface area contributed by atoms with Crippen molar-refractivity contribution >= 4 is 40.8 Å². The van der Waals surface area contributed by atoms with E-state index in [0.717, 1.165) is 5.56 Å². The number of ether oxygens (including phenoxy) is 3. The first-order chi connectivity index (χ1) is 12.8. The third-order valence-electron chi connectivity index (χ3n) is 3.58. The Bertz CT molecular complexity index is 841. The average Bonchev–Trinajstić information content (AvgIpc) is 2.61.